The van der Waals surface area contributed by atoms with E-state index in [2.05, 4.69) is 110 Å². The average Bonchev–Trinajstić information content (AvgIpc) is 3.61. The fourth-order valence-corrected chi connectivity index (χ4v) is 5.71. The van der Waals surface area contributed by atoms with Gasteiger partial charge in [0.25, 0.3) is 0 Å². The van der Waals surface area contributed by atoms with Crippen molar-refractivity contribution in [3.63, 3.8) is 0 Å². The summed E-state index contributed by atoms with van der Waals surface area (Å²) in [6.07, 6.45) is 5.75. The summed E-state index contributed by atoms with van der Waals surface area (Å²) in [6.45, 7) is 0. The van der Waals surface area contributed by atoms with Crippen molar-refractivity contribution in [3.8, 4) is 34.2 Å². The lowest BCUT2D eigenvalue weighted by molar-refractivity contribution is 1.10. The number of hydrogen-bond acceptors (Lipinski definition) is 3. The Hall–Kier alpha value is -5.55. The molecule has 0 radical (unpaired) electrons. The van der Waals surface area contributed by atoms with Gasteiger partial charge in [-0.2, -0.15) is 0 Å². The second-order valence-electron chi connectivity index (χ2n) is 9.79. The van der Waals surface area contributed by atoms with Crippen LogP contribution >= 0.6 is 0 Å². The molecule has 0 saturated heterocycles. The van der Waals surface area contributed by atoms with E-state index in [-0.39, 0.29) is 0 Å². The highest BCUT2D eigenvalue weighted by Gasteiger charge is 2.17. The molecule has 5 heteroatoms. The monoisotopic (exact) mass is 513 g/mol. The summed E-state index contributed by atoms with van der Waals surface area (Å²) in [7, 11) is 0. The first-order chi connectivity index (χ1) is 19.8. The van der Waals surface area contributed by atoms with Crippen molar-refractivity contribution in [2.24, 2.45) is 0 Å². The maximum atomic E-state index is 4.95. The minimum atomic E-state index is 0.808. The highest BCUT2D eigenvalue weighted by Crippen LogP contribution is 2.38. The molecule has 0 atom stereocenters. The summed E-state index contributed by atoms with van der Waals surface area (Å²) in [5, 5.41) is 3.70. The van der Waals surface area contributed by atoms with E-state index in [0.29, 0.717) is 0 Å². The Morgan fingerprint density at radius 3 is 1.77 bits per heavy atom. The van der Waals surface area contributed by atoms with Gasteiger partial charge in [0.2, 0.25) is 0 Å². The van der Waals surface area contributed by atoms with Gasteiger partial charge in [-0.25, -0.2) is 4.98 Å². The fourth-order valence-electron chi connectivity index (χ4n) is 5.71. The van der Waals surface area contributed by atoms with Gasteiger partial charge < -0.3 is 9.13 Å². The summed E-state index contributed by atoms with van der Waals surface area (Å²) < 4.78 is 4.59. The molecule has 0 saturated carbocycles. The van der Waals surface area contributed by atoms with E-state index < -0.39 is 0 Å². The van der Waals surface area contributed by atoms with Crippen molar-refractivity contribution in [3.05, 3.63) is 140 Å². The van der Waals surface area contributed by atoms with Crippen LogP contribution < -0.4 is 0 Å². The van der Waals surface area contributed by atoms with Crippen LogP contribution in [0.25, 0.3) is 66.9 Å². The summed E-state index contributed by atoms with van der Waals surface area (Å²) in [6, 6.07) is 41.9. The molecule has 0 aliphatic heterocycles. The summed E-state index contributed by atoms with van der Waals surface area (Å²) in [5.74, 6) is 0. The summed E-state index contributed by atoms with van der Waals surface area (Å²) >= 11 is 0. The molecule has 0 amide bonds. The Labute approximate surface area is 230 Å². The molecule has 0 unspecified atom stereocenters. The van der Waals surface area contributed by atoms with Crippen LogP contribution in [0.4, 0.5) is 0 Å². The molecule has 0 spiro atoms. The predicted molar refractivity (Wildman–Crippen MR) is 162 cm³/mol. The third kappa shape index (κ3) is 3.52. The first-order valence-electron chi connectivity index (χ1n) is 13.3. The Morgan fingerprint density at radius 2 is 1.07 bits per heavy atom. The van der Waals surface area contributed by atoms with E-state index in [1.165, 1.54) is 27.2 Å². The predicted octanol–water partition coefficient (Wildman–Crippen LogP) is 8.25. The quantitative estimate of drug-likeness (QED) is 0.238. The Bertz CT molecular complexity index is 2090. The minimum absolute atomic E-state index is 0.808. The Kier molecular flexibility index (Phi) is 5.07. The molecule has 5 nitrogen and oxygen atoms in total. The van der Waals surface area contributed by atoms with Crippen molar-refractivity contribution in [2.45, 2.75) is 0 Å². The molecule has 5 aromatic heterocycles. The summed E-state index contributed by atoms with van der Waals surface area (Å²) in [5.41, 5.74) is 8.95. The van der Waals surface area contributed by atoms with Gasteiger partial charge in [-0.3, -0.25) is 9.97 Å². The van der Waals surface area contributed by atoms with Crippen LogP contribution in [-0.4, -0.2) is 24.1 Å². The van der Waals surface area contributed by atoms with E-state index in [1.807, 2.05) is 36.4 Å². The number of pyridine rings is 3. The van der Waals surface area contributed by atoms with Crippen LogP contribution in [0.1, 0.15) is 0 Å². The zero-order chi connectivity index (χ0) is 26.5. The standard InChI is InChI=1S/C35H23N5/c1-2-10-24(11-3-1)40-33-15-5-4-12-26(33)35-27-18-21-39(32(27)16-17-34(35)40)25-22-30(28-13-6-8-19-36-28)38-31(23-25)29-14-7-9-20-37-29/h1-23H. The third-order valence-electron chi connectivity index (χ3n) is 7.46. The van der Waals surface area contributed by atoms with Crippen LogP contribution in [0.2, 0.25) is 0 Å². The minimum Gasteiger partial charge on any atom is -0.316 e. The van der Waals surface area contributed by atoms with E-state index in [1.54, 1.807) is 12.4 Å². The van der Waals surface area contributed by atoms with Gasteiger partial charge in [-0.1, -0.05) is 48.5 Å². The second kappa shape index (κ2) is 9.03. The smallest absolute Gasteiger partial charge is 0.0915 e. The van der Waals surface area contributed by atoms with E-state index in [0.717, 1.165) is 39.7 Å². The number of rotatable bonds is 4. The van der Waals surface area contributed by atoms with Crippen LogP contribution in [0, 0.1) is 0 Å². The zero-order valence-corrected chi connectivity index (χ0v) is 21.5. The van der Waals surface area contributed by atoms with Gasteiger partial charge in [-0.15, -0.1) is 0 Å². The first-order valence-corrected chi connectivity index (χ1v) is 13.3. The first kappa shape index (κ1) is 22.4. The molecule has 8 rings (SSSR count). The van der Waals surface area contributed by atoms with Crippen LogP contribution in [0.5, 0.6) is 0 Å². The molecule has 0 fully saturated rings. The van der Waals surface area contributed by atoms with Crippen molar-refractivity contribution >= 4 is 32.7 Å². The van der Waals surface area contributed by atoms with Gasteiger partial charge in [-0.05, 0) is 72.8 Å². The summed E-state index contributed by atoms with van der Waals surface area (Å²) in [4.78, 5) is 14.1. The second-order valence-corrected chi connectivity index (χ2v) is 9.79. The molecule has 0 bridgehead atoms. The molecule has 3 aromatic carbocycles. The molecule has 5 heterocycles. The fraction of sp³-hybridized carbons (Fsp3) is 0. The van der Waals surface area contributed by atoms with E-state index in [4.69, 9.17) is 4.98 Å². The normalized spacial score (nSPS) is 11.5. The SMILES string of the molecule is c1ccc(-n2c3ccccc3c3c4ccn(-c5cc(-c6ccccn6)nc(-c6ccccn6)c5)c4ccc32)cc1. The highest BCUT2D eigenvalue weighted by molar-refractivity contribution is 6.21. The number of nitrogens with zero attached hydrogens (tertiary/aromatic N) is 5. The lowest BCUT2D eigenvalue weighted by Gasteiger charge is -2.12. The van der Waals surface area contributed by atoms with Crippen LogP contribution in [-0.2, 0) is 0 Å². The molecular weight excluding hydrogens is 490 g/mol. The topological polar surface area (TPSA) is 48.5 Å². The third-order valence-corrected chi connectivity index (χ3v) is 7.46. The van der Waals surface area contributed by atoms with Gasteiger partial charge in [0.1, 0.15) is 0 Å². The van der Waals surface area contributed by atoms with Gasteiger partial charge >= 0.3 is 0 Å². The van der Waals surface area contributed by atoms with Crippen molar-refractivity contribution in [1.82, 2.24) is 24.1 Å². The Balaban J connectivity index is 1.39. The van der Waals surface area contributed by atoms with E-state index >= 15 is 0 Å². The number of fused-ring (bicyclic) bond motifs is 5. The Morgan fingerprint density at radius 1 is 0.450 bits per heavy atom. The number of aromatic nitrogens is 5. The number of hydrogen-bond donors (Lipinski definition) is 0. The van der Waals surface area contributed by atoms with Crippen LogP contribution in [0.15, 0.2) is 140 Å². The van der Waals surface area contributed by atoms with Crippen molar-refractivity contribution < 1.29 is 0 Å². The number of benzene rings is 3. The molecule has 0 aliphatic carbocycles. The molecule has 40 heavy (non-hydrogen) atoms. The van der Waals surface area contributed by atoms with Crippen molar-refractivity contribution in [2.75, 3.05) is 0 Å². The lowest BCUT2D eigenvalue weighted by atomic mass is 10.1. The average molecular weight is 514 g/mol. The van der Waals surface area contributed by atoms with Gasteiger partial charge in [0.05, 0.1) is 39.3 Å². The number of para-hydroxylation sites is 2. The molecule has 8 aromatic rings. The van der Waals surface area contributed by atoms with Gasteiger partial charge in [0, 0.05) is 46.1 Å². The highest BCUT2D eigenvalue weighted by atomic mass is 15.0. The van der Waals surface area contributed by atoms with E-state index in [9.17, 15) is 0 Å². The maximum absolute atomic E-state index is 4.95. The largest absolute Gasteiger partial charge is 0.316 e. The molecular formula is C35H23N5. The zero-order valence-electron chi connectivity index (χ0n) is 21.5. The van der Waals surface area contributed by atoms with Crippen LogP contribution in [0.3, 0.4) is 0 Å². The van der Waals surface area contributed by atoms with Crippen molar-refractivity contribution in [1.29, 1.82) is 0 Å². The lowest BCUT2D eigenvalue weighted by Crippen LogP contribution is -1.98. The molecule has 0 aliphatic rings. The molecule has 188 valence electrons. The maximum Gasteiger partial charge on any atom is 0.0915 e. The van der Waals surface area contributed by atoms with Gasteiger partial charge in [0.15, 0.2) is 0 Å². The molecule has 0 N–H and O–H groups in total.